The van der Waals surface area contributed by atoms with Crippen LogP contribution in [0.1, 0.15) is 47.2 Å². The van der Waals surface area contributed by atoms with Crippen LogP contribution in [0.15, 0.2) is 30.3 Å². The lowest BCUT2D eigenvalue weighted by atomic mass is 9.85. The van der Waals surface area contributed by atoms with Gasteiger partial charge >= 0.3 is 0 Å². The highest BCUT2D eigenvalue weighted by Crippen LogP contribution is 2.41. The molecule has 3 rings (SSSR count). The Kier molecular flexibility index (Phi) is 5.91. The monoisotopic (exact) mass is 372 g/mol. The quantitative estimate of drug-likeness (QED) is 0.571. The largest absolute Gasteiger partial charge is 0.378 e. The summed E-state index contributed by atoms with van der Waals surface area (Å²) < 4.78 is 11.9. The van der Waals surface area contributed by atoms with E-state index < -0.39 is 0 Å². The van der Waals surface area contributed by atoms with Gasteiger partial charge in [0, 0.05) is 15.2 Å². The van der Waals surface area contributed by atoms with Crippen LogP contribution in [0.3, 0.4) is 0 Å². The summed E-state index contributed by atoms with van der Waals surface area (Å²) in [6.45, 7) is 14.0. The van der Waals surface area contributed by atoms with Gasteiger partial charge in [0.25, 0.3) is 0 Å². The fraction of sp³-hybridized carbons (Fsp3) is 0.565. The van der Waals surface area contributed by atoms with Crippen LogP contribution >= 0.6 is 11.3 Å². The molecule has 0 spiro atoms. The highest BCUT2D eigenvalue weighted by Gasteiger charge is 2.34. The van der Waals surface area contributed by atoms with Crippen LogP contribution in [-0.4, -0.2) is 26.4 Å². The zero-order chi connectivity index (χ0) is 18.8. The van der Waals surface area contributed by atoms with E-state index in [4.69, 9.17) is 9.47 Å². The van der Waals surface area contributed by atoms with Crippen molar-refractivity contribution < 1.29 is 9.47 Å². The summed E-state index contributed by atoms with van der Waals surface area (Å²) in [7, 11) is 0. The van der Waals surface area contributed by atoms with Crippen LogP contribution in [0, 0.1) is 19.3 Å². The van der Waals surface area contributed by atoms with Gasteiger partial charge in [0.1, 0.15) is 0 Å². The lowest BCUT2D eigenvalue weighted by Crippen LogP contribution is -2.27. The van der Waals surface area contributed by atoms with Gasteiger partial charge in [-0.15, -0.1) is 11.3 Å². The van der Waals surface area contributed by atoms with E-state index in [0.29, 0.717) is 19.8 Å². The molecule has 0 amide bonds. The van der Waals surface area contributed by atoms with Gasteiger partial charge in [-0.3, -0.25) is 0 Å². The first-order chi connectivity index (χ1) is 12.3. The van der Waals surface area contributed by atoms with Gasteiger partial charge in [-0.05, 0) is 49.3 Å². The molecular weight excluding hydrogens is 340 g/mol. The highest BCUT2D eigenvalue weighted by atomic mass is 32.1. The van der Waals surface area contributed by atoms with E-state index in [-0.39, 0.29) is 10.8 Å². The molecule has 0 radical (unpaired) electrons. The van der Waals surface area contributed by atoms with Gasteiger partial charge in [0.05, 0.1) is 26.4 Å². The van der Waals surface area contributed by atoms with Crippen LogP contribution in [0.25, 0.3) is 0 Å². The van der Waals surface area contributed by atoms with Crippen molar-refractivity contribution >= 4 is 11.3 Å². The maximum absolute atomic E-state index is 5.97. The Morgan fingerprint density at radius 1 is 1.04 bits per heavy atom. The Balaban J connectivity index is 1.36. The molecule has 1 aliphatic carbocycles. The van der Waals surface area contributed by atoms with Gasteiger partial charge in [0.15, 0.2) is 0 Å². The van der Waals surface area contributed by atoms with Crippen LogP contribution in [0.2, 0.25) is 0 Å². The van der Waals surface area contributed by atoms with E-state index in [0.717, 1.165) is 19.4 Å². The summed E-state index contributed by atoms with van der Waals surface area (Å²) in [6.07, 6.45) is 2.30. The Labute approximate surface area is 162 Å². The number of rotatable bonds is 8. The SMILES string of the molecule is Cc1ccc(C(C)(C)COCCOCC2(C)Cc3cc(C)sc3C2)cc1. The third kappa shape index (κ3) is 4.76. The predicted molar refractivity (Wildman–Crippen MR) is 110 cm³/mol. The summed E-state index contributed by atoms with van der Waals surface area (Å²) in [6, 6.07) is 11.1. The normalized spacial score (nSPS) is 19.7. The molecule has 1 atom stereocenters. The maximum Gasteiger partial charge on any atom is 0.0700 e. The number of hydrogen-bond donors (Lipinski definition) is 0. The second-order valence-corrected chi connectivity index (χ2v) is 10.2. The second-order valence-electron chi connectivity index (χ2n) is 8.82. The van der Waals surface area contributed by atoms with Gasteiger partial charge in [-0.1, -0.05) is 50.6 Å². The van der Waals surface area contributed by atoms with Gasteiger partial charge in [-0.2, -0.15) is 0 Å². The molecule has 1 aliphatic rings. The first kappa shape index (κ1) is 19.6. The molecular formula is C23H32O2S. The van der Waals surface area contributed by atoms with Crippen molar-refractivity contribution in [2.45, 2.75) is 52.9 Å². The molecule has 3 heteroatoms. The van der Waals surface area contributed by atoms with Crippen LogP contribution in [0.5, 0.6) is 0 Å². The van der Waals surface area contributed by atoms with Crippen molar-refractivity contribution in [3.05, 3.63) is 56.8 Å². The molecule has 1 unspecified atom stereocenters. The molecule has 1 heterocycles. The number of hydrogen-bond acceptors (Lipinski definition) is 3. The van der Waals surface area contributed by atoms with E-state index in [1.54, 1.807) is 4.88 Å². The van der Waals surface area contributed by atoms with Crippen LogP contribution < -0.4 is 0 Å². The first-order valence-corrected chi connectivity index (χ1v) is 10.4. The van der Waals surface area contributed by atoms with Crippen molar-refractivity contribution in [3.8, 4) is 0 Å². The third-order valence-corrected chi connectivity index (χ3v) is 6.44. The number of aryl methyl sites for hydroxylation is 2. The van der Waals surface area contributed by atoms with Crippen molar-refractivity contribution in [2.24, 2.45) is 5.41 Å². The molecule has 0 aliphatic heterocycles. The van der Waals surface area contributed by atoms with Crippen molar-refractivity contribution in [1.29, 1.82) is 0 Å². The van der Waals surface area contributed by atoms with Gasteiger partial charge < -0.3 is 9.47 Å². The molecule has 0 saturated heterocycles. The van der Waals surface area contributed by atoms with Crippen molar-refractivity contribution in [1.82, 2.24) is 0 Å². The molecule has 0 saturated carbocycles. The molecule has 0 N–H and O–H groups in total. The number of thiophene rings is 1. The Morgan fingerprint density at radius 3 is 2.42 bits per heavy atom. The Morgan fingerprint density at radius 2 is 1.73 bits per heavy atom. The summed E-state index contributed by atoms with van der Waals surface area (Å²) >= 11 is 1.95. The van der Waals surface area contributed by atoms with E-state index in [9.17, 15) is 0 Å². The summed E-state index contributed by atoms with van der Waals surface area (Å²) in [5.74, 6) is 0. The molecule has 2 aromatic rings. The molecule has 0 bridgehead atoms. The number of benzene rings is 1. The van der Waals surface area contributed by atoms with E-state index in [1.165, 1.54) is 21.6 Å². The molecule has 2 nitrogen and oxygen atoms in total. The highest BCUT2D eigenvalue weighted by molar-refractivity contribution is 7.12. The standard InChI is InChI=1S/C23H32O2S/c1-17-6-8-20(9-7-17)22(3,4)15-24-10-11-25-16-23(5)13-19-12-18(2)26-21(19)14-23/h6-9,12H,10-11,13-16H2,1-5H3. The molecule has 142 valence electrons. The average molecular weight is 373 g/mol. The Bertz CT molecular complexity index is 704. The first-order valence-electron chi connectivity index (χ1n) is 9.58. The maximum atomic E-state index is 5.97. The van der Waals surface area contributed by atoms with Crippen LogP contribution in [0.4, 0.5) is 0 Å². The summed E-state index contributed by atoms with van der Waals surface area (Å²) in [5.41, 5.74) is 4.44. The number of fused-ring (bicyclic) bond motifs is 1. The zero-order valence-electron chi connectivity index (χ0n) is 16.9. The molecule has 26 heavy (non-hydrogen) atoms. The Hall–Kier alpha value is -1.16. The fourth-order valence-corrected chi connectivity index (χ4v) is 5.05. The van der Waals surface area contributed by atoms with E-state index in [2.05, 4.69) is 65.0 Å². The fourth-order valence-electron chi connectivity index (χ4n) is 3.78. The van der Waals surface area contributed by atoms with Gasteiger partial charge in [0.2, 0.25) is 0 Å². The lowest BCUT2D eigenvalue weighted by Gasteiger charge is -2.26. The van der Waals surface area contributed by atoms with Crippen molar-refractivity contribution in [3.63, 3.8) is 0 Å². The van der Waals surface area contributed by atoms with Crippen molar-refractivity contribution in [2.75, 3.05) is 26.4 Å². The smallest absolute Gasteiger partial charge is 0.0700 e. The number of ether oxygens (including phenoxy) is 2. The molecule has 1 aromatic heterocycles. The minimum absolute atomic E-state index is 0.0251. The van der Waals surface area contributed by atoms with E-state index >= 15 is 0 Å². The zero-order valence-corrected chi connectivity index (χ0v) is 17.7. The van der Waals surface area contributed by atoms with Gasteiger partial charge in [-0.25, -0.2) is 0 Å². The minimum atomic E-state index is 0.0251. The predicted octanol–water partition coefficient (Wildman–Crippen LogP) is 5.48. The molecule has 0 fully saturated rings. The second kappa shape index (κ2) is 7.84. The third-order valence-electron chi connectivity index (χ3n) is 5.34. The lowest BCUT2D eigenvalue weighted by molar-refractivity contribution is 0.00315. The molecule has 1 aromatic carbocycles. The van der Waals surface area contributed by atoms with E-state index in [1.807, 2.05) is 11.3 Å². The summed E-state index contributed by atoms with van der Waals surface area (Å²) in [4.78, 5) is 2.99. The topological polar surface area (TPSA) is 18.5 Å². The minimum Gasteiger partial charge on any atom is -0.378 e. The summed E-state index contributed by atoms with van der Waals surface area (Å²) in [5, 5.41) is 0. The van der Waals surface area contributed by atoms with Crippen LogP contribution in [-0.2, 0) is 27.7 Å². The average Bonchev–Trinajstić information content (AvgIpc) is 3.04.